The van der Waals surface area contributed by atoms with E-state index in [2.05, 4.69) is 15.4 Å². The molecule has 0 saturated heterocycles. The van der Waals surface area contributed by atoms with Gasteiger partial charge in [-0.1, -0.05) is 11.6 Å². The highest BCUT2D eigenvalue weighted by atomic mass is 35.5. The predicted molar refractivity (Wildman–Crippen MR) is 66.6 cm³/mol. The maximum Gasteiger partial charge on any atom is 0.271 e. The van der Waals surface area contributed by atoms with Crippen LogP contribution in [-0.2, 0) is 0 Å². The van der Waals surface area contributed by atoms with Crippen molar-refractivity contribution in [2.45, 2.75) is 6.92 Å². The van der Waals surface area contributed by atoms with E-state index < -0.39 is 5.91 Å². The summed E-state index contributed by atoms with van der Waals surface area (Å²) in [5.41, 5.74) is 7.02. The van der Waals surface area contributed by atoms with Crippen LogP contribution in [0, 0.1) is 6.92 Å². The lowest BCUT2D eigenvalue weighted by Crippen LogP contribution is -2.13. The molecule has 0 unspecified atom stereocenters. The van der Waals surface area contributed by atoms with Crippen LogP contribution in [0.1, 0.15) is 16.1 Å². The summed E-state index contributed by atoms with van der Waals surface area (Å²) in [5, 5.41) is 10.5. The number of primary amides is 1. The Labute approximate surface area is 108 Å². The number of hydrogen-bond acceptors (Lipinski definition) is 4. The SMILES string of the molecule is COc1cc(C)c(Cl)cc1-c1n[nH]nc1C(N)=O. The lowest BCUT2D eigenvalue weighted by atomic mass is 10.1. The summed E-state index contributed by atoms with van der Waals surface area (Å²) >= 11 is 6.06. The van der Waals surface area contributed by atoms with Crippen LogP contribution in [0.15, 0.2) is 12.1 Å². The molecule has 1 aromatic carbocycles. The molecule has 3 N–H and O–H groups in total. The summed E-state index contributed by atoms with van der Waals surface area (Å²) in [6.45, 7) is 1.85. The number of hydrogen-bond donors (Lipinski definition) is 2. The van der Waals surface area contributed by atoms with E-state index in [4.69, 9.17) is 22.1 Å². The van der Waals surface area contributed by atoms with Gasteiger partial charge in [0.05, 0.1) is 7.11 Å². The third-order valence-corrected chi connectivity index (χ3v) is 2.92. The number of ether oxygens (including phenoxy) is 1. The normalized spacial score (nSPS) is 10.4. The number of rotatable bonds is 3. The van der Waals surface area contributed by atoms with Crippen molar-refractivity contribution < 1.29 is 9.53 Å². The van der Waals surface area contributed by atoms with E-state index in [-0.39, 0.29) is 5.69 Å². The van der Waals surface area contributed by atoms with Gasteiger partial charge in [0.2, 0.25) is 0 Å². The fourth-order valence-corrected chi connectivity index (χ4v) is 1.76. The summed E-state index contributed by atoms with van der Waals surface area (Å²) in [5.74, 6) is -0.120. The molecule has 1 heterocycles. The van der Waals surface area contributed by atoms with Gasteiger partial charge in [0.1, 0.15) is 11.4 Å². The molecule has 1 aromatic heterocycles. The van der Waals surface area contributed by atoms with E-state index in [9.17, 15) is 4.79 Å². The maximum absolute atomic E-state index is 11.2. The topological polar surface area (TPSA) is 93.9 Å². The summed E-state index contributed by atoms with van der Waals surface area (Å²) in [7, 11) is 1.52. The molecular formula is C11H11ClN4O2. The quantitative estimate of drug-likeness (QED) is 0.881. The van der Waals surface area contributed by atoms with Gasteiger partial charge in [0, 0.05) is 10.6 Å². The van der Waals surface area contributed by atoms with E-state index in [1.165, 1.54) is 7.11 Å². The maximum atomic E-state index is 11.2. The second-order valence-electron chi connectivity index (χ2n) is 3.69. The zero-order valence-electron chi connectivity index (χ0n) is 9.82. The zero-order chi connectivity index (χ0) is 13.3. The Kier molecular flexibility index (Phi) is 3.20. The summed E-state index contributed by atoms with van der Waals surface area (Å²) < 4.78 is 5.25. The molecule has 0 aliphatic heterocycles. The number of carbonyl (C=O) groups is 1. The lowest BCUT2D eigenvalue weighted by molar-refractivity contribution is 0.0996. The molecule has 6 nitrogen and oxygen atoms in total. The molecule has 2 aromatic rings. The van der Waals surface area contributed by atoms with Gasteiger partial charge in [-0.2, -0.15) is 15.4 Å². The van der Waals surface area contributed by atoms with Crippen molar-refractivity contribution in [1.82, 2.24) is 15.4 Å². The average molecular weight is 267 g/mol. The minimum absolute atomic E-state index is 0.0493. The molecule has 0 spiro atoms. The van der Waals surface area contributed by atoms with Gasteiger partial charge >= 0.3 is 0 Å². The first-order chi connectivity index (χ1) is 8.54. The first-order valence-electron chi connectivity index (χ1n) is 5.09. The Morgan fingerprint density at radius 2 is 2.17 bits per heavy atom. The molecule has 0 aliphatic rings. The van der Waals surface area contributed by atoms with Gasteiger partial charge in [-0.15, -0.1) is 0 Å². The van der Waals surface area contributed by atoms with Crippen molar-refractivity contribution in [1.29, 1.82) is 0 Å². The smallest absolute Gasteiger partial charge is 0.271 e. The van der Waals surface area contributed by atoms with Gasteiger partial charge in [-0.3, -0.25) is 4.79 Å². The first-order valence-corrected chi connectivity index (χ1v) is 5.47. The Morgan fingerprint density at radius 3 is 2.78 bits per heavy atom. The number of aromatic nitrogens is 3. The van der Waals surface area contributed by atoms with E-state index >= 15 is 0 Å². The molecule has 0 fully saturated rings. The zero-order valence-corrected chi connectivity index (χ0v) is 10.6. The Bertz CT molecular complexity index is 609. The first kappa shape index (κ1) is 12.4. The minimum Gasteiger partial charge on any atom is -0.496 e. The number of H-pyrrole nitrogens is 1. The number of halogens is 1. The van der Waals surface area contributed by atoms with Crippen molar-refractivity contribution in [3.63, 3.8) is 0 Å². The summed E-state index contributed by atoms with van der Waals surface area (Å²) in [6.07, 6.45) is 0. The fraction of sp³-hybridized carbons (Fsp3) is 0.182. The molecule has 0 radical (unpaired) electrons. The third kappa shape index (κ3) is 2.02. The van der Waals surface area contributed by atoms with Crippen LogP contribution < -0.4 is 10.5 Å². The number of nitrogens with zero attached hydrogens (tertiary/aromatic N) is 2. The number of carbonyl (C=O) groups excluding carboxylic acids is 1. The third-order valence-electron chi connectivity index (χ3n) is 2.52. The highest BCUT2D eigenvalue weighted by Gasteiger charge is 2.19. The van der Waals surface area contributed by atoms with Crippen LogP contribution in [-0.4, -0.2) is 28.4 Å². The van der Waals surface area contributed by atoms with Gasteiger partial charge in [-0.05, 0) is 24.6 Å². The van der Waals surface area contributed by atoms with Crippen LogP contribution >= 0.6 is 11.6 Å². The van der Waals surface area contributed by atoms with Gasteiger partial charge in [0.25, 0.3) is 5.91 Å². The molecule has 7 heteroatoms. The van der Waals surface area contributed by atoms with Crippen molar-refractivity contribution in [2.75, 3.05) is 7.11 Å². The number of nitrogens with two attached hydrogens (primary N) is 1. The molecule has 0 saturated carbocycles. The molecule has 0 aliphatic carbocycles. The number of benzene rings is 1. The second-order valence-corrected chi connectivity index (χ2v) is 4.09. The average Bonchev–Trinajstić information content (AvgIpc) is 2.81. The molecule has 94 valence electrons. The number of nitrogens with one attached hydrogen (secondary N) is 1. The standard InChI is InChI=1S/C11H11ClN4O2/c1-5-3-8(18-2)6(4-7(5)12)9-10(11(13)17)15-16-14-9/h3-4H,1-2H3,(H2,13,17)(H,14,15,16). The van der Waals surface area contributed by atoms with Crippen LogP contribution in [0.25, 0.3) is 11.3 Å². The molecule has 0 bridgehead atoms. The highest BCUT2D eigenvalue weighted by molar-refractivity contribution is 6.31. The molecular weight excluding hydrogens is 256 g/mol. The van der Waals surface area contributed by atoms with E-state index in [0.29, 0.717) is 22.0 Å². The van der Waals surface area contributed by atoms with E-state index in [0.717, 1.165) is 5.56 Å². The van der Waals surface area contributed by atoms with Crippen molar-refractivity contribution in [3.05, 3.63) is 28.4 Å². The molecule has 18 heavy (non-hydrogen) atoms. The van der Waals surface area contributed by atoms with Crippen molar-refractivity contribution in [3.8, 4) is 17.0 Å². The molecule has 0 atom stereocenters. The fourth-order valence-electron chi connectivity index (χ4n) is 1.60. The number of aryl methyl sites for hydroxylation is 1. The molecule has 2 rings (SSSR count). The van der Waals surface area contributed by atoms with Gasteiger partial charge in [-0.25, -0.2) is 0 Å². The Balaban J connectivity index is 2.66. The molecule has 1 amide bonds. The summed E-state index contributed by atoms with van der Waals surface area (Å²) in [4.78, 5) is 11.2. The van der Waals surface area contributed by atoms with Crippen molar-refractivity contribution in [2.24, 2.45) is 5.73 Å². The van der Waals surface area contributed by atoms with Crippen LogP contribution in [0.4, 0.5) is 0 Å². The van der Waals surface area contributed by atoms with Crippen molar-refractivity contribution >= 4 is 17.5 Å². The Morgan fingerprint density at radius 1 is 1.44 bits per heavy atom. The number of methoxy groups -OCH3 is 1. The highest BCUT2D eigenvalue weighted by Crippen LogP contribution is 2.34. The summed E-state index contributed by atoms with van der Waals surface area (Å²) in [6, 6.07) is 3.43. The second kappa shape index (κ2) is 4.66. The largest absolute Gasteiger partial charge is 0.496 e. The van der Waals surface area contributed by atoms with Gasteiger partial charge in [0.15, 0.2) is 5.69 Å². The van der Waals surface area contributed by atoms with Crippen LogP contribution in [0.3, 0.4) is 0 Å². The van der Waals surface area contributed by atoms with E-state index in [1.807, 2.05) is 6.92 Å². The Hall–Kier alpha value is -2.08. The monoisotopic (exact) mass is 266 g/mol. The van der Waals surface area contributed by atoms with Crippen LogP contribution in [0.5, 0.6) is 5.75 Å². The lowest BCUT2D eigenvalue weighted by Gasteiger charge is -2.09. The number of amides is 1. The number of aromatic amines is 1. The van der Waals surface area contributed by atoms with Crippen LogP contribution in [0.2, 0.25) is 5.02 Å². The predicted octanol–water partition coefficient (Wildman–Crippen LogP) is 1.54. The minimum atomic E-state index is -0.669. The van der Waals surface area contributed by atoms with Gasteiger partial charge < -0.3 is 10.5 Å². The van der Waals surface area contributed by atoms with E-state index in [1.54, 1.807) is 12.1 Å².